The van der Waals surface area contributed by atoms with Crippen LogP contribution in [0.2, 0.25) is 10.0 Å². The lowest BCUT2D eigenvalue weighted by Crippen LogP contribution is -2.28. The highest BCUT2D eigenvalue weighted by molar-refractivity contribution is 14.1. The molecule has 0 N–H and O–H groups in total. The molecule has 0 radical (unpaired) electrons. The number of ether oxygens (including phenoxy) is 2. The second kappa shape index (κ2) is 11.7. The maximum atomic E-state index is 13.5. The Morgan fingerprint density at radius 3 is 2.34 bits per heavy atom. The fourth-order valence-electron chi connectivity index (χ4n) is 3.31. The van der Waals surface area contributed by atoms with Gasteiger partial charge in [-0.2, -0.15) is 0 Å². The monoisotopic (exact) mass is 638 g/mol. The fourth-order valence-corrected chi connectivity index (χ4v) is 5.35. The molecule has 1 aliphatic heterocycles. The number of amides is 1. The molecule has 0 saturated carbocycles. The van der Waals surface area contributed by atoms with Gasteiger partial charge in [-0.1, -0.05) is 30.1 Å². The lowest BCUT2D eigenvalue weighted by molar-refractivity contribution is -0.113. The van der Waals surface area contributed by atoms with E-state index in [-0.39, 0.29) is 5.91 Å². The van der Waals surface area contributed by atoms with Gasteiger partial charge in [0.25, 0.3) is 5.91 Å². The van der Waals surface area contributed by atoms with Gasteiger partial charge in [-0.05, 0) is 113 Å². The van der Waals surface area contributed by atoms with Crippen LogP contribution in [0.25, 0.3) is 6.08 Å². The maximum absolute atomic E-state index is 13.5. The van der Waals surface area contributed by atoms with E-state index >= 15 is 0 Å². The molecule has 0 unspecified atom stereocenters. The number of thioether (sulfide) groups is 1. The Balaban J connectivity index is 1.74. The maximum Gasteiger partial charge on any atom is 0.271 e. The Morgan fingerprint density at radius 1 is 1.06 bits per heavy atom. The molecule has 180 valence electrons. The summed E-state index contributed by atoms with van der Waals surface area (Å²) in [5.74, 6) is 1.15. The summed E-state index contributed by atoms with van der Waals surface area (Å²) >= 11 is 15.6. The van der Waals surface area contributed by atoms with E-state index in [9.17, 15) is 4.79 Å². The molecular formula is C26H21Cl2IN2O3S. The number of rotatable bonds is 7. The Morgan fingerprint density at radius 2 is 1.71 bits per heavy atom. The molecule has 0 aromatic heterocycles. The van der Waals surface area contributed by atoms with Gasteiger partial charge in [0.1, 0.15) is 0 Å². The van der Waals surface area contributed by atoms with Gasteiger partial charge in [-0.3, -0.25) is 9.69 Å². The molecule has 4 rings (SSSR count). The molecule has 0 spiro atoms. The summed E-state index contributed by atoms with van der Waals surface area (Å²) < 4.78 is 12.3. The van der Waals surface area contributed by atoms with Gasteiger partial charge in [0.05, 0.1) is 33.6 Å². The Kier molecular flexibility index (Phi) is 8.64. The van der Waals surface area contributed by atoms with E-state index in [1.165, 1.54) is 11.8 Å². The quantitative estimate of drug-likeness (QED) is 0.193. The van der Waals surface area contributed by atoms with E-state index in [2.05, 4.69) is 29.5 Å². The lowest BCUT2D eigenvalue weighted by atomic mass is 10.1. The highest BCUT2D eigenvalue weighted by Gasteiger charge is 2.35. The average Bonchev–Trinajstić information content (AvgIpc) is 3.14. The minimum atomic E-state index is -0.176. The van der Waals surface area contributed by atoms with Crippen LogP contribution in [0.15, 0.2) is 70.6 Å². The average molecular weight is 639 g/mol. The van der Waals surface area contributed by atoms with E-state index in [4.69, 9.17) is 37.7 Å². The predicted molar refractivity (Wildman–Crippen MR) is 155 cm³/mol. The van der Waals surface area contributed by atoms with Crippen molar-refractivity contribution < 1.29 is 14.3 Å². The highest BCUT2D eigenvalue weighted by atomic mass is 127. The summed E-state index contributed by atoms with van der Waals surface area (Å²) in [5.41, 5.74) is 2.20. The van der Waals surface area contributed by atoms with Crippen LogP contribution in [-0.4, -0.2) is 24.8 Å². The molecule has 0 atom stereocenters. The first-order chi connectivity index (χ1) is 16.9. The minimum absolute atomic E-state index is 0.176. The molecule has 1 aliphatic rings. The zero-order valence-electron chi connectivity index (χ0n) is 18.9. The highest BCUT2D eigenvalue weighted by Crippen LogP contribution is 2.40. The van der Waals surface area contributed by atoms with Gasteiger partial charge < -0.3 is 9.47 Å². The number of anilines is 1. The number of hydrogen-bond donors (Lipinski definition) is 0. The third-order valence-electron chi connectivity index (χ3n) is 4.94. The van der Waals surface area contributed by atoms with Crippen molar-refractivity contribution in [1.82, 2.24) is 0 Å². The molecule has 35 heavy (non-hydrogen) atoms. The molecule has 0 bridgehead atoms. The van der Waals surface area contributed by atoms with Crippen molar-refractivity contribution in [2.24, 2.45) is 4.99 Å². The van der Waals surface area contributed by atoms with Gasteiger partial charge >= 0.3 is 0 Å². The van der Waals surface area contributed by atoms with E-state index in [1.54, 1.807) is 48.4 Å². The van der Waals surface area contributed by atoms with Crippen molar-refractivity contribution in [3.63, 3.8) is 0 Å². The summed E-state index contributed by atoms with van der Waals surface area (Å²) in [7, 11) is 1.61. The van der Waals surface area contributed by atoms with Crippen molar-refractivity contribution >= 4 is 86.1 Å². The van der Waals surface area contributed by atoms with Crippen LogP contribution in [0.1, 0.15) is 18.9 Å². The van der Waals surface area contributed by atoms with Crippen molar-refractivity contribution in [2.45, 2.75) is 13.3 Å². The normalized spacial score (nSPS) is 15.8. The Bertz CT molecular complexity index is 1300. The second-order valence-electron chi connectivity index (χ2n) is 7.48. The second-order valence-corrected chi connectivity index (χ2v) is 10.5. The third kappa shape index (κ3) is 6.14. The van der Waals surface area contributed by atoms with Crippen LogP contribution in [0, 0.1) is 3.57 Å². The summed E-state index contributed by atoms with van der Waals surface area (Å²) in [6.07, 6.45) is 2.74. The molecule has 1 heterocycles. The lowest BCUT2D eigenvalue weighted by Gasteiger charge is -2.15. The number of benzene rings is 3. The number of nitrogens with zero attached hydrogens (tertiary/aromatic N) is 2. The number of methoxy groups -OCH3 is 1. The van der Waals surface area contributed by atoms with Crippen LogP contribution < -0.4 is 14.4 Å². The van der Waals surface area contributed by atoms with Crippen LogP contribution >= 0.6 is 57.6 Å². The number of aliphatic imine (C=N–C) groups is 1. The third-order valence-corrected chi connectivity index (χ3v) is 7.22. The predicted octanol–water partition coefficient (Wildman–Crippen LogP) is 8.20. The van der Waals surface area contributed by atoms with Crippen molar-refractivity contribution in [3.05, 3.63) is 84.7 Å². The molecular weight excluding hydrogens is 618 g/mol. The SMILES string of the molecule is CCCOc1c(I)cc(/C=C2\SC(=Nc3ccc(Cl)cc3)N(c3ccc(Cl)cc3)C2=O)cc1OC. The number of hydrogen-bond acceptors (Lipinski definition) is 5. The molecule has 9 heteroatoms. The van der Waals surface area contributed by atoms with Crippen LogP contribution in [0.5, 0.6) is 11.5 Å². The molecule has 3 aromatic rings. The summed E-state index contributed by atoms with van der Waals surface area (Å²) in [5, 5.41) is 1.75. The Hall–Kier alpha value is -2.20. The molecule has 1 fully saturated rings. The first kappa shape index (κ1) is 25.9. The topological polar surface area (TPSA) is 51.1 Å². The molecule has 1 saturated heterocycles. The minimum Gasteiger partial charge on any atom is -0.493 e. The van der Waals surface area contributed by atoms with Crippen molar-refractivity contribution in [1.29, 1.82) is 0 Å². The van der Waals surface area contributed by atoms with Gasteiger partial charge in [0.2, 0.25) is 0 Å². The van der Waals surface area contributed by atoms with E-state index in [1.807, 2.05) is 30.3 Å². The van der Waals surface area contributed by atoms with E-state index in [0.717, 1.165) is 15.6 Å². The van der Waals surface area contributed by atoms with Crippen molar-refractivity contribution in [2.75, 3.05) is 18.6 Å². The van der Waals surface area contributed by atoms with Gasteiger partial charge in [0, 0.05) is 10.0 Å². The molecule has 5 nitrogen and oxygen atoms in total. The van der Waals surface area contributed by atoms with Gasteiger partial charge in [-0.15, -0.1) is 0 Å². The van der Waals surface area contributed by atoms with Gasteiger partial charge in [0.15, 0.2) is 16.7 Å². The number of halogens is 3. The van der Waals surface area contributed by atoms with Crippen LogP contribution in [0.4, 0.5) is 11.4 Å². The standard InChI is InChI=1S/C26H21Cl2IN2O3S/c1-3-12-34-24-21(29)13-16(14-22(24)33-2)15-23-25(32)31(20-10-6-18(28)7-11-20)26(35-23)30-19-8-4-17(27)5-9-19/h4-11,13-15H,3,12H2,1-2H3/b23-15-,30-26?. The summed E-state index contributed by atoms with van der Waals surface area (Å²) in [6, 6.07) is 18.1. The first-order valence-electron chi connectivity index (χ1n) is 10.7. The largest absolute Gasteiger partial charge is 0.493 e. The van der Waals surface area contributed by atoms with Crippen molar-refractivity contribution in [3.8, 4) is 11.5 Å². The summed E-state index contributed by atoms with van der Waals surface area (Å²) in [6.45, 7) is 2.65. The zero-order valence-corrected chi connectivity index (χ0v) is 23.4. The summed E-state index contributed by atoms with van der Waals surface area (Å²) in [4.78, 5) is 20.4. The number of carbonyl (C=O) groups is 1. The van der Waals surface area contributed by atoms with Crippen LogP contribution in [-0.2, 0) is 4.79 Å². The Labute approximate surface area is 232 Å². The first-order valence-corrected chi connectivity index (χ1v) is 13.4. The number of amidine groups is 1. The van der Waals surface area contributed by atoms with E-state index < -0.39 is 0 Å². The van der Waals surface area contributed by atoms with Crippen LogP contribution in [0.3, 0.4) is 0 Å². The molecule has 1 amide bonds. The molecule has 3 aromatic carbocycles. The fraction of sp³-hybridized carbons (Fsp3) is 0.154. The number of carbonyl (C=O) groups excluding carboxylic acids is 1. The zero-order chi connectivity index (χ0) is 24.9. The van der Waals surface area contributed by atoms with E-state index in [0.29, 0.717) is 49.6 Å². The molecule has 0 aliphatic carbocycles. The smallest absolute Gasteiger partial charge is 0.271 e. The van der Waals surface area contributed by atoms with Gasteiger partial charge in [-0.25, -0.2) is 4.99 Å².